The molecule has 3 heterocycles. The van der Waals surface area contributed by atoms with Gasteiger partial charge in [-0.3, -0.25) is 4.79 Å². The van der Waals surface area contributed by atoms with Crippen LogP contribution in [0.15, 0.2) is 60.9 Å². The third-order valence-electron chi connectivity index (χ3n) is 7.10. The summed E-state index contributed by atoms with van der Waals surface area (Å²) < 4.78 is 6.50. The number of carboxylic acid groups (broad SMARTS) is 1. The van der Waals surface area contributed by atoms with Gasteiger partial charge in [0, 0.05) is 54.4 Å². The molecule has 0 aliphatic carbocycles. The van der Waals surface area contributed by atoms with Crippen molar-refractivity contribution < 1.29 is 19.4 Å². The van der Waals surface area contributed by atoms with Gasteiger partial charge in [0.05, 0.1) is 11.3 Å². The molecule has 1 fully saturated rings. The van der Waals surface area contributed by atoms with Gasteiger partial charge in [0.15, 0.2) is 0 Å². The van der Waals surface area contributed by atoms with Crippen molar-refractivity contribution in [3.05, 3.63) is 66.5 Å². The molecular weight excluding hydrogens is 532 g/mol. The molecule has 0 spiro atoms. The molecule has 1 saturated heterocycles. The first-order valence-electron chi connectivity index (χ1n) is 14.1. The number of anilines is 2. The van der Waals surface area contributed by atoms with Crippen LogP contribution in [0.1, 0.15) is 45.6 Å². The minimum Gasteiger partial charge on any atom is -0.465 e. The minimum atomic E-state index is -0.920. The van der Waals surface area contributed by atoms with Crippen molar-refractivity contribution in [3.8, 4) is 22.9 Å². The molecule has 10 nitrogen and oxygen atoms in total. The SMILES string of the molecule is Cc1ccc2c(NC(=O)CC(C)(C)C)cccc2c1Oc1ncccc1-c1ccnc(N[C@H]2CCCN(C(=O)O)C2)n1. The number of pyridine rings is 1. The van der Waals surface area contributed by atoms with Crippen LogP contribution in [0, 0.1) is 12.3 Å². The molecule has 0 radical (unpaired) electrons. The molecular formula is C32H36N6O4. The summed E-state index contributed by atoms with van der Waals surface area (Å²) in [5, 5.41) is 17.5. The molecule has 2 aromatic carbocycles. The Bertz CT molecular complexity index is 1620. The Labute approximate surface area is 245 Å². The van der Waals surface area contributed by atoms with Crippen molar-refractivity contribution in [2.24, 2.45) is 5.41 Å². The van der Waals surface area contributed by atoms with E-state index in [1.165, 1.54) is 4.90 Å². The average Bonchev–Trinajstić information content (AvgIpc) is 2.94. The maximum Gasteiger partial charge on any atom is 0.407 e. The van der Waals surface area contributed by atoms with Crippen LogP contribution in [0.2, 0.25) is 0 Å². The number of carbonyl (C=O) groups is 2. The van der Waals surface area contributed by atoms with E-state index >= 15 is 0 Å². The Balaban J connectivity index is 1.43. The van der Waals surface area contributed by atoms with Gasteiger partial charge in [0.2, 0.25) is 17.7 Å². The summed E-state index contributed by atoms with van der Waals surface area (Å²) in [5.41, 5.74) is 2.82. The van der Waals surface area contributed by atoms with Crippen LogP contribution in [0.4, 0.5) is 16.4 Å². The van der Waals surface area contributed by atoms with Crippen LogP contribution < -0.4 is 15.4 Å². The molecule has 3 N–H and O–H groups in total. The van der Waals surface area contributed by atoms with E-state index in [4.69, 9.17) is 9.72 Å². The number of likely N-dealkylation sites (tertiary alicyclic amines) is 1. The molecule has 0 saturated carbocycles. The fraction of sp³-hybridized carbons (Fsp3) is 0.344. The zero-order chi connectivity index (χ0) is 29.9. The first-order chi connectivity index (χ1) is 20.1. The highest BCUT2D eigenvalue weighted by Gasteiger charge is 2.24. The number of rotatable bonds is 7. The van der Waals surface area contributed by atoms with E-state index in [1.807, 2.05) is 70.2 Å². The number of fused-ring (bicyclic) bond motifs is 1. The van der Waals surface area contributed by atoms with E-state index < -0.39 is 6.09 Å². The summed E-state index contributed by atoms with van der Waals surface area (Å²) in [6, 6.07) is 15.1. The van der Waals surface area contributed by atoms with Gasteiger partial charge in [0.1, 0.15) is 5.75 Å². The summed E-state index contributed by atoms with van der Waals surface area (Å²) in [6.07, 6.45) is 4.42. The number of ether oxygens (including phenoxy) is 1. The highest BCUT2D eigenvalue weighted by Crippen LogP contribution is 2.38. The highest BCUT2D eigenvalue weighted by molar-refractivity contribution is 6.04. The molecule has 42 heavy (non-hydrogen) atoms. The van der Waals surface area contributed by atoms with Gasteiger partial charge in [-0.25, -0.2) is 19.7 Å². The third-order valence-corrected chi connectivity index (χ3v) is 7.10. The van der Waals surface area contributed by atoms with E-state index in [2.05, 4.69) is 20.6 Å². The lowest BCUT2D eigenvalue weighted by Gasteiger charge is -2.31. The van der Waals surface area contributed by atoms with E-state index in [9.17, 15) is 14.7 Å². The smallest absolute Gasteiger partial charge is 0.407 e. The van der Waals surface area contributed by atoms with E-state index in [-0.39, 0.29) is 17.4 Å². The van der Waals surface area contributed by atoms with Crippen LogP contribution in [0.25, 0.3) is 22.0 Å². The summed E-state index contributed by atoms with van der Waals surface area (Å²) in [4.78, 5) is 39.2. The zero-order valence-corrected chi connectivity index (χ0v) is 24.3. The van der Waals surface area contributed by atoms with Gasteiger partial charge >= 0.3 is 6.09 Å². The Morgan fingerprint density at radius 3 is 2.67 bits per heavy atom. The van der Waals surface area contributed by atoms with Crippen molar-refractivity contribution in [2.75, 3.05) is 23.7 Å². The van der Waals surface area contributed by atoms with Crippen LogP contribution in [0.3, 0.4) is 0 Å². The summed E-state index contributed by atoms with van der Waals surface area (Å²) in [5.74, 6) is 1.40. The fourth-order valence-corrected chi connectivity index (χ4v) is 5.15. The van der Waals surface area contributed by atoms with Crippen LogP contribution >= 0.6 is 0 Å². The lowest BCUT2D eigenvalue weighted by atomic mass is 9.92. The molecule has 4 aromatic rings. The highest BCUT2D eigenvalue weighted by atomic mass is 16.5. The second-order valence-electron chi connectivity index (χ2n) is 11.8. The molecule has 0 unspecified atom stereocenters. The maximum absolute atomic E-state index is 12.7. The topological polar surface area (TPSA) is 130 Å². The normalized spacial score (nSPS) is 15.3. The molecule has 2 aromatic heterocycles. The van der Waals surface area contributed by atoms with Crippen molar-refractivity contribution >= 4 is 34.4 Å². The number of benzene rings is 2. The van der Waals surface area contributed by atoms with Gasteiger partial charge < -0.3 is 25.4 Å². The van der Waals surface area contributed by atoms with Crippen molar-refractivity contribution in [2.45, 2.75) is 53.0 Å². The predicted molar refractivity (Wildman–Crippen MR) is 163 cm³/mol. The molecule has 1 aliphatic rings. The maximum atomic E-state index is 12.7. The number of piperidine rings is 1. The molecule has 1 atom stereocenters. The second kappa shape index (κ2) is 12.0. The van der Waals surface area contributed by atoms with Gasteiger partial charge in [-0.15, -0.1) is 0 Å². The van der Waals surface area contributed by atoms with Gasteiger partial charge in [-0.05, 0) is 55.0 Å². The van der Waals surface area contributed by atoms with Gasteiger partial charge in [-0.2, -0.15) is 0 Å². The Morgan fingerprint density at radius 1 is 1.05 bits per heavy atom. The lowest BCUT2D eigenvalue weighted by molar-refractivity contribution is -0.117. The first-order valence-corrected chi connectivity index (χ1v) is 14.1. The number of nitrogens with zero attached hydrogens (tertiary/aromatic N) is 4. The Kier molecular flexibility index (Phi) is 8.24. The molecule has 1 aliphatic heterocycles. The molecule has 10 heteroatoms. The summed E-state index contributed by atoms with van der Waals surface area (Å²) in [7, 11) is 0. The Morgan fingerprint density at radius 2 is 1.88 bits per heavy atom. The van der Waals surface area contributed by atoms with E-state index in [0.717, 1.165) is 34.9 Å². The molecule has 218 valence electrons. The van der Waals surface area contributed by atoms with Crippen LogP contribution in [0.5, 0.6) is 11.6 Å². The first kappa shape index (κ1) is 28.8. The lowest BCUT2D eigenvalue weighted by Crippen LogP contribution is -2.44. The number of amides is 2. The van der Waals surface area contributed by atoms with Gasteiger partial charge in [0.25, 0.3) is 0 Å². The Hall–Kier alpha value is -4.73. The molecule has 5 rings (SSSR count). The van der Waals surface area contributed by atoms with E-state index in [1.54, 1.807) is 18.5 Å². The van der Waals surface area contributed by atoms with E-state index in [0.29, 0.717) is 48.3 Å². The number of aromatic nitrogens is 3. The monoisotopic (exact) mass is 568 g/mol. The second-order valence-corrected chi connectivity index (χ2v) is 11.8. The number of hydrogen-bond donors (Lipinski definition) is 3. The standard InChI is InChI=1S/C32H36N6O4/c1-20-12-13-22-23(9-5-11-25(22)36-27(39)18-32(2,3)4)28(20)42-29-24(10-6-15-33-29)26-14-16-34-30(37-26)35-21-8-7-17-38(19-21)31(40)41/h5-6,9-16,21H,7-8,17-19H2,1-4H3,(H,36,39)(H,40,41)(H,34,35,37)/t21-/m0/s1. The van der Waals surface area contributed by atoms with Crippen LogP contribution in [-0.2, 0) is 4.79 Å². The molecule has 2 amide bonds. The zero-order valence-electron chi connectivity index (χ0n) is 24.3. The number of carbonyl (C=O) groups excluding carboxylic acids is 1. The summed E-state index contributed by atoms with van der Waals surface area (Å²) in [6.45, 7) is 8.99. The number of aryl methyl sites for hydroxylation is 1. The predicted octanol–water partition coefficient (Wildman–Crippen LogP) is 6.72. The quantitative estimate of drug-likeness (QED) is 0.224. The largest absolute Gasteiger partial charge is 0.465 e. The summed E-state index contributed by atoms with van der Waals surface area (Å²) >= 11 is 0. The van der Waals surface area contributed by atoms with Gasteiger partial charge in [-0.1, -0.05) is 45.0 Å². The molecule has 0 bridgehead atoms. The number of hydrogen-bond acceptors (Lipinski definition) is 7. The van der Waals surface area contributed by atoms with Crippen molar-refractivity contribution in [1.29, 1.82) is 0 Å². The average molecular weight is 569 g/mol. The van der Waals surface area contributed by atoms with Crippen molar-refractivity contribution in [3.63, 3.8) is 0 Å². The number of nitrogens with one attached hydrogen (secondary N) is 2. The van der Waals surface area contributed by atoms with Crippen molar-refractivity contribution in [1.82, 2.24) is 19.9 Å². The minimum absolute atomic E-state index is 0.0397. The third kappa shape index (κ3) is 6.76. The van der Waals surface area contributed by atoms with Crippen LogP contribution in [-0.4, -0.2) is 56.1 Å². The fourth-order valence-electron chi connectivity index (χ4n) is 5.15.